The molecule has 0 amide bonds. The first-order chi connectivity index (χ1) is 31.5. The largest absolute Gasteiger partial charge is 0.465 e. The minimum atomic E-state index is -4.61. The SMILES string of the molecule is C=C(C)C(=O)OCC(F)(F)F.CPn1cc(CCCCCCCCCOC(=O)C(C)(C)Br)nn1.CPn1cc(CCCCCCCCCOC(=O)C(C)(C)CC(C)(Br)C(=O)OCC(F)(F)F)nn1.[V].[V]. The van der Waals surface area contributed by atoms with Gasteiger partial charge < -0.3 is 18.9 Å². The standard InChI is InChI=1S/C22H36BrF3N3O4P.C16H29BrN3O2P.C6H7F3O2.2V/c1-20(2,15-21(3,23)19(31)33-16-22(24,25)26)18(30)32-13-11-9-7-5-6-8-10-12-17-14-29(34-4)28-27-17;1-16(2,17)15(21)22-12-10-8-6-4-5-7-9-11-14-13-20(23-3)19-18-14;1-4(2)5(10)11-3-6(7,8)9;;/h14,34H,5-13,15-16H2,1-4H3;13,23H,4-12H2,1-3H3;1,3H2,2H3;;. The molecule has 402 valence electrons. The summed E-state index contributed by atoms with van der Waals surface area (Å²) >= 11 is 6.41. The summed E-state index contributed by atoms with van der Waals surface area (Å²) in [5.74, 6) is -2.78. The van der Waals surface area contributed by atoms with Gasteiger partial charge in [0.2, 0.25) is 0 Å². The van der Waals surface area contributed by atoms with Crippen molar-refractivity contribution in [2.75, 3.05) is 39.8 Å². The second-order valence-electron chi connectivity index (χ2n) is 17.4. The molecule has 0 fully saturated rings. The molecule has 0 aliphatic heterocycles. The van der Waals surface area contributed by atoms with Gasteiger partial charge in [-0.2, -0.15) is 26.3 Å². The molecule has 0 aliphatic rings. The fraction of sp³-hybridized carbons (Fsp3) is 0.773. The molecule has 14 nitrogen and oxygen atoms in total. The smallest absolute Gasteiger partial charge is 0.422 e. The molecular formula is C44H72Br2F6N6O8P2V2. The van der Waals surface area contributed by atoms with Gasteiger partial charge in [-0.05, 0) is 99.8 Å². The van der Waals surface area contributed by atoms with Crippen molar-refractivity contribution in [2.24, 2.45) is 5.41 Å². The number of hydrogen-bond donors (Lipinski definition) is 0. The summed E-state index contributed by atoms with van der Waals surface area (Å²) in [6.07, 6.45) is 12.3. The molecule has 2 aromatic rings. The molecule has 3 atom stereocenters. The van der Waals surface area contributed by atoms with Crippen molar-refractivity contribution in [3.63, 3.8) is 0 Å². The van der Waals surface area contributed by atoms with E-state index in [-0.39, 0.29) is 61.7 Å². The molecule has 70 heavy (non-hydrogen) atoms. The van der Waals surface area contributed by atoms with Crippen LogP contribution in [-0.2, 0) is 88.1 Å². The van der Waals surface area contributed by atoms with Crippen LogP contribution in [0.2, 0.25) is 0 Å². The minimum absolute atomic E-state index is 0. The molecule has 2 radical (unpaired) electrons. The number of halogens is 8. The zero-order chi connectivity index (χ0) is 52.0. The fourth-order valence-electron chi connectivity index (χ4n) is 5.87. The molecule has 0 bridgehead atoms. The van der Waals surface area contributed by atoms with Gasteiger partial charge >= 0.3 is 36.2 Å². The van der Waals surface area contributed by atoms with E-state index in [9.17, 15) is 45.5 Å². The summed E-state index contributed by atoms with van der Waals surface area (Å²) in [6.45, 7) is 14.3. The van der Waals surface area contributed by atoms with Gasteiger partial charge in [0.25, 0.3) is 0 Å². The van der Waals surface area contributed by atoms with E-state index in [4.69, 9.17) is 9.47 Å². The summed E-state index contributed by atoms with van der Waals surface area (Å²) in [4.78, 5) is 46.3. The van der Waals surface area contributed by atoms with Crippen molar-refractivity contribution in [3.8, 4) is 0 Å². The number of carbonyl (C=O) groups excluding carboxylic acids is 4. The van der Waals surface area contributed by atoms with E-state index in [1.54, 1.807) is 27.7 Å². The summed E-state index contributed by atoms with van der Waals surface area (Å²) in [5, 5.41) is 16.4. The van der Waals surface area contributed by atoms with E-state index in [1.807, 2.05) is 21.3 Å². The van der Waals surface area contributed by atoms with Crippen LogP contribution in [0.3, 0.4) is 0 Å². The van der Waals surface area contributed by atoms with Gasteiger partial charge in [0.1, 0.15) is 8.65 Å². The van der Waals surface area contributed by atoms with Gasteiger partial charge in [0.05, 0.1) is 42.4 Å². The Balaban J connectivity index is -0.00000107. The van der Waals surface area contributed by atoms with Crippen LogP contribution in [0.15, 0.2) is 24.5 Å². The van der Waals surface area contributed by atoms with Gasteiger partial charge in [-0.25, -0.2) is 13.7 Å². The number of carbonyl (C=O) groups is 4. The van der Waals surface area contributed by atoms with Crippen LogP contribution < -0.4 is 0 Å². The van der Waals surface area contributed by atoms with Crippen molar-refractivity contribution in [1.29, 1.82) is 0 Å². The molecule has 26 heteroatoms. The molecule has 2 rings (SSSR count). The Bertz CT molecular complexity index is 1790. The number of hydrogen-bond acceptors (Lipinski definition) is 12. The second-order valence-corrected chi connectivity index (χ2v) is 22.9. The number of ether oxygens (including phenoxy) is 4. The third-order valence-corrected chi connectivity index (χ3v) is 11.8. The molecule has 3 unspecified atom stereocenters. The predicted molar refractivity (Wildman–Crippen MR) is 261 cm³/mol. The third-order valence-electron chi connectivity index (χ3n) is 9.48. The first-order valence-corrected chi connectivity index (χ1v) is 27.0. The quantitative estimate of drug-likeness (QED) is 0.0138. The number of nitrogens with zero attached hydrogens (tertiary/aromatic N) is 6. The van der Waals surface area contributed by atoms with Crippen LogP contribution in [0.4, 0.5) is 26.3 Å². The van der Waals surface area contributed by atoms with Gasteiger partial charge in [-0.15, -0.1) is 10.2 Å². The molecule has 0 aliphatic carbocycles. The van der Waals surface area contributed by atoms with Crippen molar-refractivity contribution in [3.05, 3.63) is 35.9 Å². The Morgan fingerprint density at radius 3 is 1.29 bits per heavy atom. The topological polar surface area (TPSA) is 167 Å². The molecule has 0 spiro atoms. The zero-order valence-corrected chi connectivity index (χ0v) is 49.5. The van der Waals surface area contributed by atoms with Crippen molar-refractivity contribution in [1.82, 2.24) is 29.5 Å². The molecule has 0 aromatic carbocycles. The molecule has 0 saturated carbocycles. The number of aromatic nitrogens is 6. The molecule has 2 heterocycles. The Morgan fingerprint density at radius 2 is 0.943 bits per heavy atom. The molecular weight excluding hydrogens is 1180 g/mol. The van der Waals surface area contributed by atoms with Gasteiger partial charge in [0, 0.05) is 60.1 Å². The van der Waals surface area contributed by atoms with E-state index in [1.165, 1.54) is 46.0 Å². The van der Waals surface area contributed by atoms with E-state index in [0.717, 1.165) is 82.0 Å². The van der Waals surface area contributed by atoms with Crippen LogP contribution in [-0.4, -0.2) is 114 Å². The Hall–Kier alpha value is -1.53. The van der Waals surface area contributed by atoms with Crippen molar-refractivity contribution >= 4 is 73.2 Å². The van der Waals surface area contributed by atoms with Crippen LogP contribution in [0.25, 0.3) is 0 Å². The fourth-order valence-corrected chi connectivity index (χ4v) is 7.62. The van der Waals surface area contributed by atoms with Crippen molar-refractivity contribution in [2.45, 2.75) is 172 Å². The third kappa shape index (κ3) is 38.1. The summed E-state index contributed by atoms with van der Waals surface area (Å²) in [6, 6.07) is 0. The predicted octanol–water partition coefficient (Wildman–Crippen LogP) is 11.8. The number of alkyl halides is 8. The average Bonchev–Trinajstić information content (AvgIpc) is 3.91. The molecule has 0 saturated heterocycles. The number of aryl methyl sites for hydroxylation is 2. The maximum absolute atomic E-state index is 12.4. The van der Waals surface area contributed by atoms with Gasteiger partial charge in [0.15, 0.2) is 13.2 Å². The van der Waals surface area contributed by atoms with Crippen LogP contribution in [0.1, 0.15) is 149 Å². The van der Waals surface area contributed by atoms with Crippen LogP contribution >= 0.6 is 49.3 Å². The molecule has 2 aromatic heterocycles. The average molecular weight is 1250 g/mol. The van der Waals surface area contributed by atoms with E-state index < -0.39 is 57.5 Å². The summed E-state index contributed by atoms with van der Waals surface area (Å²) in [5.41, 5.74) is 1.03. The van der Waals surface area contributed by atoms with Crippen molar-refractivity contribution < 1.29 is 102 Å². The maximum atomic E-state index is 12.4. The first-order valence-electron chi connectivity index (χ1n) is 22.6. The maximum Gasteiger partial charge on any atom is 0.422 e. The van der Waals surface area contributed by atoms with Gasteiger partial charge in [-0.1, -0.05) is 113 Å². The zero-order valence-electron chi connectivity index (χ0n) is 41.6. The van der Waals surface area contributed by atoms with E-state index in [0.29, 0.717) is 24.1 Å². The monoisotopic (exact) mass is 1250 g/mol. The summed E-state index contributed by atoms with van der Waals surface area (Å²) in [7, 11) is 1.26. The first kappa shape index (κ1) is 72.7. The normalized spacial score (nSPS) is 12.7. The Morgan fingerprint density at radius 1 is 0.586 bits per heavy atom. The Labute approximate surface area is 454 Å². The Kier molecular flexibility index (Phi) is 39.6. The van der Waals surface area contributed by atoms with Gasteiger partial charge in [-0.3, -0.25) is 14.4 Å². The molecule has 0 N–H and O–H groups in total. The second kappa shape index (κ2) is 38.1. The van der Waals surface area contributed by atoms with Crippen LogP contribution in [0, 0.1) is 5.41 Å². The van der Waals surface area contributed by atoms with E-state index >= 15 is 0 Å². The van der Waals surface area contributed by atoms with E-state index in [2.05, 4.69) is 81.9 Å². The summed E-state index contributed by atoms with van der Waals surface area (Å²) < 4.78 is 91.4. The number of unbranched alkanes of at least 4 members (excludes halogenated alkanes) is 12. The minimum Gasteiger partial charge on any atom is -0.465 e. The number of rotatable bonds is 30. The van der Waals surface area contributed by atoms with Crippen LogP contribution in [0.5, 0.6) is 0 Å². The number of esters is 4.